The Balaban J connectivity index is 1.06. The van der Waals surface area contributed by atoms with Gasteiger partial charge in [-0.1, -0.05) is 43.7 Å². The van der Waals surface area contributed by atoms with Crippen molar-refractivity contribution >= 4 is 35.2 Å². The van der Waals surface area contributed by atoms with Gasteiger partial charge in [0.25, 0.3) is 5.82 Å². The van der Waals surface area contributed by atoms with E-state index >= 15 is 0 Å². The highest BCUT2D eigenvalue weighted by Crippen LogP contribution is 2.44. The molecule has 5 heterocycles. The monoisotopic (exact) mass is 686 g/mol. The normalized spacial score (nSPS) is 21.7. The fourth-order valence-electron chi connectivity index (χ4n) is 7.63. The minimum absolute atomic E-state index is 0.0957. The van der Waals surface area contributed by atoms with Crippen molar-refractivity contribution in [2.24, 2.45) is 24.3 Å². The number of anilines is 2. The number of pyridine rings is 1. The summed E-state index contributed by atoms with van der Waals surface area (Å²) in [4.78, 5) is 42.5. The Morgan fingerprint density at radius 2 is 1.92 bits per heavy atom. The molecule has 3 N–H and O–H groups in total. The van der Waals surface area contributed by atoms with Gasteiger partial charge in [0, 0.05) is 68.5 Å². The van der Waals surface area contributed by atoms with Gasteiger partial charge in [-0.15, -0.1) is 4.98 Å². The lowest BCUT2D eigenvalue weighted by Gasteiger charge is -2.22. The van der Waals surface area contributed by atoms with Crippen molar-refractivity contribution in [2.75, 3.05) is 36.4 Å². The van der Waals surface area contributed by atoms with Crippen LogP contribution in [-0.2, 0) is 18.4 Å². The lowest BCUT2D eigenvalue weighted by Crippen LogP contribution is -2.34. The van der Waals surface area contributed by atoms with Crippen molar-refractivity contribution in [1.82, 2.24) is 35.4 Å². The zero-order valence-corrected chi connectivity index (χ0v) is 29.2. The van der Waals surface area contributed by atoms with E-state index in [9.17, 15) is 14.9 Å². The summed E-state index contributed by atoms with van der Waals surface area (Å²) in [6.45, 7) is 5.16. The van der Waals surface area contributed by atoms with Crippen LogP contribution in [0.3, 0.4) is 0 Å². The van der Waals surface area contributed by atoms with E-state index in [1.165, 1.54) is 0 Å². The van der Waals surface area contributed by atoms with E-state index in [4.69, 9.17) is 9.97 Å². The van der Waals surface area contributed by atoms with Gasteiger partial charge in [0.1, 0.15) is 17.8 Å². The van der Waals surface area contributed by atoms with Gasteiger partial charge < -0.3 is 15.5 Å². The lowest BCUT2D eigenvalue weighted by atomic mass is 9.86. The number of aryl methyl sites for hydroxylation is 1. The molecule has 2 saturated heterocycles. The number of benzene rings is 1. The summed E-state index contributed by atoms with van der Waals surface area (Å²) in [5.41, 5.74) is 4.03. The van der Waals surface area contributed by atoms with Crippen molar-refractivity contribution in [3.63, 3.8) is 0 Å². The molecule has 4 aromatic rings. The second-order valence-electron chi connectivity index (χ2n) is 13.8. The van der Waals surface area contributed by atoms with Gasteiger partial charge in [0.15, 0.2) is 5.82 Å². The van der Waals surface area contributed by atoms with Gasteiger partial charge in [-0.25, -0.2) is 9.78 Å². The van der Waals surface area contributed by atoms with E-state index in [0.717, 1.165) is 60.9 Å². The number of aromatic nitrogens is 5. The summed E-state index contributed by atoms with van der Waals surface area (Å²) in [6, 6.07) is 15.8. The van der Waals surface area contributed by atoms with Gasteiger partial charge in [0.2, 0.25) is 11.9 Å². The number of urea groups is 1. The number of carbonyl (C=O) groups is 2. The SMILES string of the molecule is CCCC1/C(=[N+](/C(=O)NCc2ccccc2)c2ccc(-c3cnn(C)c3)cn2)C1CCCNc1ncc(C#N)c(N2CCC3(CCNC3=O)C2)n1. The summed E-state index contributed by atoms with van der Waals surface area (Å²) < 4.78 is 3.55. The maximum Gasteiger partial charge on any atom is 0.441 e. The van der Waals surface area contributed by atoms with Crippen molar-refractivity contribution in [1.29, 1.82) is 5.26 Å². The molecule has 3 amide bonds. The summed E-state index contributed by atoms with van der Waals surface area (Å²) in [6.07, 6.45) is 12.4. The predicted molar refractivity (Wildman–Crippen MR) is 193 cm³/mol. The number of amides is 3. The molecule has 1 saturated carbocycles. The Morgan fingerprint density at radius 3 is 2.63 bits per heavy atom. The topological polar surface area (TPSA) is 157 Å². The summed E-state index contributed by atoms with van der Waals surface area (Å²) >= 11 is 0. The van der Waals surface area contributed by atoms with E-state index in [1.807, 2.05) is 60.6 Å². The molecule has 3 aliphatic rings. The van der Waals surface area contributed by atoms with Crippen LogP contribution < -0.4 is 20.9 Å². The highest BCUT2D eigenvalue weighted by molar-refractivity contribution is 6.03. The molecule has 0 bridgehead atoms. The first-order chi connectivity index (χ1) is 24.9. The second kappa shape index (κ2) is 14.7. The molecule has 7 rings (SSSR count). The van der Waals surface area contributed by atoms with Crippen LogP contribution in [0.5, 0.6) is 0 Å². The fraction of sp³-hybridized carbons (Fsp3) is 0.421. The number of hydrogen-bond donors (Lipinski definition) is 3. The molecule has 13 heteroatoms. The van der Waals surface area contributed by atoms with Crippen LogP contribution in [0.15, 0.2) is 67.3 Å². The van der Waals surface area contributed by atoms with E-state index in [1.54, 1.807) is 27.8 Å². The third-order valence-electron chi connectivity index (χ3n) is 10.4. The van der Waals surface area contributed by atoms with Crippen LogP contribution in [0.4, 0.5) is 22.4 Å². The summed E-state index contributed by atoms with van der Waals surface area (Å²) in [5, 5.41) is 23.5. The molecule has 51 heavy (non-hydrogen) atoms. The third kappa shape index (κ3) is 7.17. The number of nitriles is 1. The number of carbonyl (C=O) groups excluding carboxylic acids is 2. The Kier molecular flexibility index (Phi) is 9.74. The Bertz CT molecular complexity index is 1970. The molecule has 0 radical (unpaired) electrons. The van der Waals surface area contributed by atoms with Gasteiger partial charge in [-0.3, -0.25) is 14.8 Å². The van der Waals surface area contributed by atoms with Crippen LogP contribution in [0.1, 0.15) is 56.6 Å². The van der Waals surface area contributed by atoms with Crippen LogP contribution in [0, 0.1) is 28.6 Å². The first-order valence-electron chi connectivity index (χ1n) is 17.9. The molecule has 1 aliphatic carbocycles. The van der Waals surface area contributed by atoms with Gasteiger partial charge in [0.05, 0.1) is 30.1 Å². The first-order valence-corrected chi connectivity index (χ1v) is 17.9. The quantitative estimate of drug-likeness (QED) is 0.141. The van der Waals surface area contributed by atoms with Crippen LogP contribution in [0.2, 0.25) is 0 Å². The molecule has 3 atom stereocenters. The number of hydrogen-bond acceptors (Lipinski definition) is 9. The molecule has 3 unspecified atom stereocenters. The average Bonchev–Trinajstić information content (AvgIpc) is 3.51. The largest absolute Gasteiger partial charge is 0.441 e. The lowest BCUT2D eigenvalue weighted by molar-refractivity contribution is -0.337. The molecule has 3 fully saturated rings. The smallest absolute Gasteiger partial charge is 0.356 e. The van der Waals surface area contributed by atoms with Crippen LogP contribution in [0.25, 0.3) is 11.1 Å². The summed E-state index contributed by atoms with van der Waals surface area (Å²) in [7, 11) is 1.88. The minimum Gasteiger partial charge on any atom is -0.356 e. The van der Waals surface area contributed by atoms with E-state index in [-0.39, 0.29) is 23.8 Å². The van der Waals surface area contributed by atoms with Gasteiger partial charge >= 0.3 is 6.03 Å². The zero-order chi connectivity index (χ0) is 35.4. The molecule has 262 valence electrons. The molecule has 3 aromatic heterocycles. The second-order valence-corrected chi connectivity index (χ2v) is 13.8. The maximum absolute atomic E-state index is 13.9. The van der Waals surface area contributed by atoms with Crippen molar-refractivity contribution in [3.8, 4) is 17.2 Å². The molecular formula is C38H44N11O2+. The average molecular weight is 687 g/mol. The van der Waals surface area contributed by atoms with Crippen LogP contribution >= 0.6 is 0 Å². The van der Waals surface area contributed by atoms with Crippen LogP contribution in [-0.4, -0.2) is 73.1 Å². The van der Waals surface area contributed by atoms with Gasteiger partial charge in [-0.05, 0) is 43.7 Å². The number of rotatable bonds is 12. The standard InChI is InChI=1S/C38H43N11O2/c1-3-8-30-31(11-7-16-41-36-43-22-28(19-39)34(46-36)48-18-15-38(25-48)14-17-40-35(38)50)33(30)49(37(51)44-20-26-9-5-4-6-10-26)32-13-12-27(21-42-32)29-23-45-47(2)24-29/h4-6,9-10,12-13,21-24,30-31H,3,7-8,11,14-18,20,25H2,1-2H3,(H2-,40,41,43,44,46,50,51)/p+1/b49-33-. The number of nitrogens with zero attached hydrogens (tertiary/aromatic N) is 8. The van der Waals surface area contributed by atoms with Crippen molar-refractivity contribution in [3.05, 3.63) is 78.4 Å². The Hall–Kier alpha value is -5.64. The first kappa shape index (κ1) is 33.8. The Morgan fingerprint density at radius 1 is 1.08 bits per heavy atom. The minimum atomic E-state index is -0.401. The molecule has 13 nitrogen and oxygen atoms in total. The molecule has 1 spiro atoms. The fourth-order valence-corrected chi connectivity index (χ4v) is 7.63. The maximum atomic E-state index is 13.9. The number of nitrogens with one attached hydrogen (secondary N) is 3. The van der Waals surface area contributed by atoms with Gasteiger partial charge in [-0.2, -0.15) is 19.9 Å². The van der Waals surface area contributed by atoms with Crippen molar-refractivity contribution < 1.29 is 14.2 Å². The molecule has 1 aromatic carbocycles. The Labute approximate surface area is 297 Å². The highest BCUT2D eigenvalue weighted by atomic mass is 16.2. The molecular weight excluding hydrogens is 642 g/mol. The van der Waals surface area contributed by atoms with E-state index in [2.05, 4.69) is 39.0 Å². The van der Waals surface area contributed by atoms with E-state index < -0.39 is 5.41 Å². The highest BCUT2D eigenvalue weighted by Gasteiger charge is 2.50. The molecule has 2 aliphatic heterocycles. The van der Waals surface area contributed by atoms with Crippen molar-refractivity contribution in [2.45, 2.75) is 52.0 Å². The van der Waals surface area contributed by atoms with E-state index in [0.29, 0.717) is 55.9 Å². The summed E-state index contributed by atoms with van der Waals surface area (Å²) in [5.74, 6) is 2.26. The zero-order valence-electron chi connectivity index (χ0n) is 29.2. The third-order valence-corrected chi connectivity index (χ3v) is 10.4. The predicted octanol–water partition coefficient (Wildman–Crippen LogP) is 4.79.